The second kappa shape index (κ2) is 6.78. The van der Waals surface area contributed by atoms with Crippen molar-refractivity contribution >= 4 is 5.91 Å². The molecule has 1 aliphatic rings. The number of rotatable bonds is 3. The Morgan fingerprint density at radius 3 is 2.65 bits per heavy atom. The van der Waals surface area contributed by atoms with Gasteiger partial charge in [0.25, 0.3) is 5.91 Å². The molecule has 0 bridgehead atoms. The van der Waals surface area contributed by atoms with Crippen LogP contribution in [0, 0.1) is 13.8 Å². The largest absolute Gasteiger partial charge is 0.337 e. The molecule has 0 spiro atoms. The number of carbonyl (C=O) groups is 1. The number of nitrogens with zero attached hydrogens (tertiary/aromatic N) is 5. The van der Waals surface area contributed by atoms with Crippen molar-refractivity contribution in [2.45, 2.75) is 32.7 Å². The van der Waals surface area contributed by atoms with E-state index < -0.39 is 0 Å². The molecule has 0 saturated carbocycles. The molecular weight excluding hydrogens is 326 g/mol. The Bertz CT molecular complexity index is 908. The predicted octanol–water partition coefficient (Wildman–Crippen LogP) is 3.16. The van der Waals surface area contributed by atoms with Crippen LogP contribution in [0.4, 0.5) is 0 Å². The molecule has 3 heterocycles. The standard InChI is InChI=1S/C20H23N5O/c1-15-12-22-25(13-15)18-7-5-17(6-8-18)20(26)23-10-3-4-19(14-23)24-11-9-21-16(24)2/h5-9,11-13,19H,3-4,10,14H2,1-2H3/t19-/m1/s1. The van der Waals surface area contributed by atoms with Gasteiger partial charge in [-0.25, -0.2) is 9.67 Å². The molecule has 3 aromatic rings. The third-order valence-electron chi connectivity index (χ3n) is 5.03. The number of hydrogen-bond donors (Lipinski definition) is 0. The van der Waals surface area contributed by atoms with E-state index in [0.717, 1.165) is 48.6 Å². The maximum absolute atomic E-state index is 12.9. The van der Waals surface area contributed by atoms with Gasteiger partial charge < -0.3 is 9.47 Å². The van der Waals surface area contributed by atoms with Crippen LogP contribution in [0.5, 0.6) is 0 Å². The molecule has 1 aliphatic heterocycles. The maximum atomic E-state index is 12.9. The molecular formula is C20H23N5O. The summed E-state index contributed by atoms with van der Waals surface area (Å²) in [7, 11) is 0. The van der Waals surface area contributed by atoms with E-state index in [1.807, 2.05) is 72.5 Å². The fraction of sp³-hybridized carbons (Fsp3) is 0.350. The summed E-state index contributed by atoms with van der Waals surface area (Å²) in [6, 6.07) is 7.98. The average molecular weight is 349 g/mol. The first-order valence-corrected chi connectivity index (χ1v) is 9.02. The van der Waals surface area contributed by atoms with Crippen LogP contribution in [0.25, 0.3) is 5.69 Å². The van der Waals surface area contributed by atoms with E-state index in [1.165, 1.54) is 0 Å². The van der Waals surface area contributed by atoms with E-state index in [9.17, 15) is 4.79 Å². The Labute approximate surface area is 153 Å². The Morgan fingerprint density at radius 1 is 1.19 bits per heavy atom. The molecule has 6 nitrogen and oxygen atoms in total. The average Bonchev–Trinajstić information content (AvgIpc) is 3.30. The highest BCUT2D eigenvalue weighted by atomic mass is 16.2. The van der Waals surface area contributed by atoms with Crippen molar-refractivity contribution in [3.63, 3.8) is 0 Å². The van der Waals surface area contributed by atoms with Crippen molar-refractivity contribution in [3.05, 3.63) is 66.0 Å². The summed E-state index contributed by atoms with van der Waals surface area (Å²) >= 11 is 0. The molecule has 4 rings (SSSR count). The zero-order valence-corrected chi connectivity index (χ0v) is 15.2. The molecule has 0 radical (unpaired) electrons. The summed E-state index contributed by atoms with van der Waals surface area (Å²) in [5.41, 5.74) is 2.79. The molecule has 1 amide bonds. The number of hydrogen-bond acceptors (Lipinski definition) is 3. The van der Waals surface area contributed by atoms with Crippen LogP contribution in [0.2, 0.25) is 0 Å². The molecule has 1 fully saturated rings. The Kier molecular flexibility index (Phi) is 4.32. The Hall–Kier alpha value is -2.89. The third-order valence-corrected chi connectivity index (χ3v) is 5.03. The topological polar surface area (TPSA) is 56.0 Å². The molecule has 1 saturated heterocycles. The second-order valence-electron chi connectivity index (χ2n) is 6.94. The number of benzene rings is 1. The van der Waals surface area contributed by atoms with Crippen molar-refractivity contribution in [3.8, 4) is 5.69 Å². The summed E-state index contributed by atoms with van der Waals surface area (Å²) in [4.78, 5) is 19.2. The van der Waals surface area contributed by atoms with Gasteiger partial charge in [0.2, 0.25) is 0 Å². The lowest BCUT2D eigenvalue weighted by atomic mass is 10.0. The summed E-state index contributed by atoms with van der Waals surface area (Å²) in [5, 5.41) is 4.31. The van der Waals surface area contributed by atoms with Gasteiger partial charge in [-0.2, -0.15) is 5.10 Å². The van der Waals surface area contributed by atoms with Crippen LogP contribution in [0.3, 0.4) is 0 Å². The zero-order chi connectivity index (χ0) is 18.1. The SMILES string of the molecule is Cc1cnn(-c2ccc(C(=O)N3CCC[C@@H](n4ccnc4C)C3)cc2)c1. The molecule has 134 valence electrons. The minimum atomic E-state index is 0.0932. The van der Waals surface area contributed by atoms with Gasteiger partial charge in [-0.15, -0.1) is 0 Å². The highest BCUT2D eigenvalue weighted by Gasteiger charge is 2.26. The number of carbonyl (C=O) groups excluding carboxylic acids is 1. The third kappa shape index (κ3) is 3.14. The first-order chi connectivity index (χ1) is 12.6. The minimum absolute atomic E-state index is 0.0932. The van der Waals surface area contributed by atoms with Gasteiger partial charge in [0, 0.05) is 37.2 Å². The lowest BCUT2D eigenvalue weighted by molar-refractivity contribution is 0.0678. The minimum Gasteiger partial charge on any atom is -0.337 e. The summed E-state index contributed by atoms with van der Waals surface area (Å²) < 4.78 is 4.00. The van der Waals surface area contributed by atoms with Gasteiger partial charge in [-0.05, 0) is 56.5 Å². The Morgan fingerprint density at radius 2 is 2.00 bits per heavy atom. The van der Waals surface area contributed by atoms with Crippen LogP contribution in [0.15, 0.2) is 49.1 Å². The zero-order valence-electron chi connectivity index (χ0n) is 15.2. The number of amides is 1. The lowest BCUT2D eigenvalue weighted by Gasteiger charge is -2.34. The van der Waals surface area contributed by atoms with Crippen molar-refractivity contribution in [2.24, 2.45) is 0 Å². The number of aryl methyl sites for hydroxylation is 2. The second-order valence-corrected chi connectivity index (χ2v) is 6.94. The molecule has 0 N–H and O–H groups in total. The highest BCUT2D eigenvalue weighted by Crippen LogP contribution is 2.24. The van der Waals surface area contributed by atoms with E-state index in [1.54, 1.807) is 0 Å². The summed E-state index contributed by atoms with van der Waals surface area (Å²) in [6.07, 6.45) is 9.72. The number of imidazole rings is 1. The van der Waals surface area contributed by atoms with Gasteiger partial charge in [-0.1, -0.05) is 0 Å². The van der Waals surface area contributed by atoms with Crippen LogP contribution in [-0.4, -0.2) is 43.2 Å². The number of piperidine rings is 1. The molecule has 1 atom stereocenters. The molecule has 6 heteroatoms. The smallest absolute Gasteiger partial charge is 0.253 e. The molecule has 0 aliphatic carbocycles. The van der Waals surface area contributed by atoms with Gasteiger partial charge in [0.1, 0.15) is 5.82 Å². The lowest BCUT2D eigenvalue weighted by Crippen LogP contribution is -2.40. The summed E-state index contributed by atoms with van der Waals surface area (Å²) in [6.45, 7) is 5.56. The monoisotopic (exact) mass is 349 g/mol. The molecule has 26 heavy (non-hydrogen) atoms. The van der Waals surface area contributed by atoms with Crippen molar-refractivity contribution in [1.29, 1.82) is 0 Å². The summed E-state index contributed by atoms with van der Waals surface area (Å²) in [5.74, 6) is 1.10. The van der Waals surface area contributed by atoms with Crippen molar-refractivity contribution < 1.29 is 4.79 Å². The van der Waals surface area contributed by atoms with Crippen LogP contribution in [0.1, 0.15) is 40.6 Å². The highest BCUT2D eigenvalue weighted by molar-refractivity contribution is 5.94. The molecule has 2 aromatic heterocycles. The molecule has 1 aromatic carbocycles. The van der Waals surface area contributed by atoms with Gasteiger partial charge >= 0.3 is 0 Å². The van der Waals surface area contributed by atoms with E-state index in [2.05, 4.69) is 14.6 Å². The van der Waals surface area contributed by atoms with Crippen LogP contribution < -0.4 is 0 Å². The van der Waals surface area contributed by atoms with Crippen molar-refractivity contribution in [1.82, 2.24) is 24.2 Å². The maximum Gasteiger partial charge on any atom is 0.253 e. The van der Waals surface area contributed by atoms with E-state index in [-0.39, 0.29) is 5.91 Å². The fourth-order valence-corrected chi connectivity index (χ4v) is 3.63. The Balaban J connectivity index is 1.49. The van der Waals surface area contributed by atoms with Crippen molar-refractivity contribution in [2.75, 3.05) is 13.1 Å². The van der Waals surface area contributed by atoms with E-state index >= 15 is 0 Å². The predicted molar refractivity (Wildman–Crippen MR) is 99.4 cm³/mol. The van der Waals surface area contributed by atoms with E-state index in [4.69, 9.17) is 0 Å². The van der Waals surface area contributed by atoms with Crippen LogP contribution >= 0.6 is 0 Å². The van der Waals surface area contributed by atoms with E-state index in [0.29, 0.717) is 6.04 Å². The quantitative estimate of drug-likeness (QED) is 0.730. The van der Waals surface area contributed by atoms with Crippen LogP contribution in [-0.2, 0) is 0 Å². The number of aromatic nitrogens is 4. The van der Waals surface area contributed by atoms with Gasteiger partial charge in [-0.3, -0.25) is 4.79 Å². The molecule has 0 unspecified atom stereocenters. The normalized spacial score (nSPS) is 17.5. The fourth-order valence-electron chi connectivity index (χ4n) is 3.63. The number of likely N-dealkylation sites (tertiary alicyclic amines) is 1. The first kappa shape index (κ1) is 16.6. The van der Waals surface area contributed by atoms with Gasteiger partial charge in [0.05, 0.1) is 17.9 Å². The van der Waals surface area contributed by atoms with Gasteiger partial charge in [0.15, 0.2) is 0 Å². The first-order valence-electron chi connectivity index (χ1n) is 9.02.